The summed E-state index contributed by atoms with van der Waals surface area (Å²) in [5.74, 6) is -0.314. The number of anilines is 2. The Morgan fingerprint density at radius 1 is 1.21 bits per heavy atom. The van der Waals surface area contributed by atoms with Crippen molar-refractivity contribution in [1.82, 2.24) is 0 Å². The largest absolute Gasteiger partial charge is 0.398 e. The molecule has 0 saturated carbocycles. The van der Waals surface area contributed by atoms with Crippen molar-refractivity contribution < 1.29 is 9.47 Å². The van der Waals surface area contributed by atoms with Gasteiger partial charge in [0.2, 0.25) is 0 Å². The van der Waals surface area contributed by atoms with Gasteiger partial charge < -0.3 is 20.1 Å². The van der Waals surface area contributed by atoms with Gasteiger partial charge in [-0.25, -0.2) is 0 Å². The minimum Gasteiger partial charge on any atom is -0.398 e. The molecule has 2 saturated heterocycles. The normalized spacial score (nSPS) is 22.1. The molecule has 0 aliphatic carbocycles. The molecule has 2 N–H and O–H groups in total. The third-order valence-corrected chi connectivity index (χ3v) is 4.65. The number of benzene rings is 1. The molecule has 0 radical (unpaired) electrons. The third-order valence-electron chi connectivity index (χ3n) is 4.01. The maximum atomic E-state index is 5.92. The van der Waals surface area contributed by atoms with Crippen LogP contribution in [0.4, 0.5) is 11.4 Å². The number of nitrogen functional groups attached to an aromatic ring is 1. The highest BCUT2D eigenvalue weighted by molar-refractivity contribution is 9.10. The molecule has 2 aliphatic heterocycles. The monoisotopic (exact) mass is 326 g/mol. The quantitative estimate of drug-likeness (QED) is 0.806. The molecule has 1 aromatic carbocycles. The fourth-order valence-corrected chi connectivity index (χ4v) is 3.41. The molecule has 2 aliphatic rings. The molecule has 0 bridgehead atoms. The summed E-state index contributed by atoms with van der Waals surface area (Å²) >= 11 is 3.61. The van der Waals surface area contributed by atoms with E-state index in [0.29, 0.717) is 0 Å². The molecule has 2 fully saturated rings. The Morgan fingerprint density at radius 2 is 1.84 bits per heavy atom. The highest BCUT2D eigenvalue weighted by atomic mass is 79.9. The van der Waals surface area contributed by atoms with Crippen molar-refractivity contribution in [2.75, 3.05) is 36.9 Å². The number of aryl methyl sites for hydroxylation is 1. The first-order valence-electron chi connectivity index (χ1n) is 6.68. The summed E-state index contributed by atoms with van der Waals surface area (Å²) in [4.78, 5) is 2.37. The van der Waals surface area contributed by atoms with Gasteiger partial charge in [-0.05, 0) is 40.5 Å². The number of nitrogens with zero attached hydrogens (tertiary/aromatic N) is 1. The van der Waals surface area contributed by atoms with Crippen molar-refractivity contribution in [3.05, 3.63) is 22.2 Å². The van der Waals surface area contributed by atoms with E-state index in [-0.39, 0.29) is 5.79 Å². The SMILES string of the molecule is Cc1cc(N2CCC3(CC2)OCCO3)c(Br)cc1N. The molecule has 104 valence electrons. The molecule has 0 atom stereocenters. The van der Waals surface area contributed by atoms with Crippen molar-refractivity contribution in [3.8, 4) is 0 Å². The topological polar surface area (TPSA) is 47.7 Å². The number of rotatable bonds is 1. The predicted octanol–water partition coefficient (Wildman–Crippen LogP) is 2.68. The second-order valence-electron chi connectivity index (χ2n) is 5.25. The molecule has 5 heteroatoms. The van der Waals surface area contributed by atoms with E-state index in [1.807, 2.05) is 13.0 Å². The zero-order chi connectivity index (χ0) is 13.5. The number of hydrogen-bond acceptors (Lipinski definition) is 4. The van der Waals surface area contributed by atoms with Gasteiger partial charge in [-0.3, -0.25) is 0 Å². The number of hydrogen-bond donors (Lipinski definition) is 1. The number of ether oxygens (including phenoxy) is 2. The molecule has 0 amide bonds. The Bertz CT molecular complexity index is 477. The summed E-state index contributed by atoms with van der Waals surface area (Å²) in [5, 5.41) is 0. The van der Waals surface area contributed by atoms with Crippen LogP contribution in [-0.4, -0.2) is 32.1 Å². The van der Waals surface area contributed by atoms with E-state index in [0.717, 1.165) is 54.9 Å². The Kier molecular flexibility index (Phi) is 3.45. The lowest BCUT2D eigenvalue weighted by molar-refractivity contribution is -0.169. The van der Waals surface area contributed by atoms with Crippen LogP contribution in [0.3, 0.4) is 0 Å². The zero-order valence-corrected chi connectivity index (χ0v) is 12.7. The number of piperidine rings is 1. The van der Waals surface area contributed by atoms with Crippen molar-refractivity contribution >= 4 is 27.3 Å². The van der Waals surface area contributed by atoms with Crippen molar-refractivity contribution in [3.63, 3.8) is 0 Å². The molecule has 1 aromatic rings. The average Bonchev–Trinajstić information content (AvgIpc) is 2.84. The molecule has 1 spiro atoms. The van der Waals surface area contributed by atoms with Gasteiger partial charge in [-0.1, -0.05) is 0 Å². The average molecular weight is 327 g/mol. The molecular weight excluding hydrogens is 308 g/mol. The van der Waals surface area contributed by atoms with Gasteiger partial charge in [0, 0.05) is 36.1 Å². The van der Waals surface area contributed by atoms with Crippen molar-refractivity contribution in [1.29, 1.82) is 0 Å². The lowest BCUT2D eigenvalue weighted by Gasteiger charge is -2.39. The van der Waals surface area contributed by atoms with Crippen molar-refractivity contribution in [2.45, 2.75) is 25.6 Å². The van der Waals surface area contributed by atoms with Gasteiger partial charge in [0.1, 0.15) is 0 Å². The second-order valence-corrected chi connectivity index (χ2v) is 6.11. The van der Waals surface area contributed by atoms with Gasteiger partial charge in [0.15, 0.2) is 5.79 Å². The molecule has 2 heterocycles. The van der Waals surface area contributed by atoms with E-state index < -0.39 is 0 Å². The first kappa shape index (κ1) is 13.2. The fourth-order valence-electron chi connectivity index (χ4n) is 2.80. The van der Waals surface area contributed by atoms with E-state index in [1.165, 1.54) is 5.69 Å². The van der Waals surface area contributed by atoms with Crippen LogP contribution in [0.15, 0.2) is 16.6 Å². The van der Waals surface area contributed by atoms with Gasteiger partial charge in [-0.15, -0.1) is 0 Å². The highest BCUT2D eigenvalue weighted by Gasteiger charge is 2.40. The van der Waals surface area contributed by atoms with E-state index in [9.17, 15) is 0 Å². The van der Waals surface area contributed by atoms with Gasteiger partial charge >= 0.3 is 0 Å². The van der Waals surface area contributed by atoms with E-state index >= 15 is 0 Å². The van der Waals surface area contributed by atoms with Crippen molar-refractivity contribution in [2.24, 2.45) is 0 Å². The van der Waals surface area contributed by atoms with Crippen LogP contribution in [0.25, 0.3) is 0 Å². The van der Waals surface area contributed by atoms with Crippen LogP contribution in [0.1, 0.15) is 18.4 Å². The summed E-state index contributed by atoms with van der Waals surface area (Å²) in [5.41, 5.74) is 9.08. The standard InChI is InChI=1S/C14H19BrN2O2/c1-10-8-13(11(15)9-12(10)16)17-4-2-14(3-5-17)18-6-7-19-14/h8-9H,2-7,16H2,1H3. The van der Waals surface area contributed by atoms with Crippen LogP contribution in [0, 0.1) is 6.92 Å². The summed E-state index contributed by atoms with van der Waals surface area (Å²) in [7, 11) is 0. The predicted molar refractivity (Wildman–Crippen MR) is 79.4 cm³/mol. The summed E-state index contributed by atoms with van der Waals surface area (Å²) < 4.78 is 12.6. The number of halogens is 1. The zero-order valence-electron chi connectivity index (χ0n) is 11.1. The molecular formula is C14H19BrN2O2. The lowest BCUT2D eigenvalue weighted by Crippen LogP contribution is -2.45. The Morgan fingerprint density at radius 3 is 2.47 bits per heavy atom. The summed E-state index contributed by atoms with van der Waals surface area (Å²) in [6.07, 6.45) is 1.84. The summed E-state index contributed by atoms with van der Waals surface area (Å²) in [6.45, 7) is 5.39. The van der Waals surface area contributed by atoms with Crippen LogP contribution in [0.2, 0.25) is 0 Å². The van der Waals surface area contributed by atoms with Crippen LogP contribution < -0.4 is 10.6 Å². The van der Waals surface area contributed by atoms with Gasteiger partial charge in [0.25, 0.3) is 0 Å². The van der Waals surface area contributed by atoms with Crippen LogP contribution in [0.5, 0.6) is 0 Å². The highest BCUT2D eigenvalue weighted by Crippen LogP contribution is 2.37. The first-order chi connectivity index (χ1) is 9.10. The molecule has 4 nitrogen and oxygen atoms in total. The van der Waals surface area contributed by atoms with Crippen LogP contribution in [-0.2, 0) is 9.47 Å². The molecule has 3 rings (SSSR count). The fraction of sp³-hybridized carbons (Fsp3) is 0.571. The lowest BCUT2D eigenvalue weighted by atomic mass is 10.0. The minimum atomic E-state index is -0.314. The van der Waals surface area contributed by atoms with E-state index in [4.69, 9.17) is 15.2 Å². The maximum absolute atomic E-state index is 5.92. The second kappa shape index (κ2) is 4.96. The number of nitrogens with two attached hydrogens (primary N) is 1. The first-order valence-corrected chi connectivity index (χ1v) is 7.47. The molecule has 0 unspecified atom stereocenters. The molecule has 19 heavy (non-hydrogen) atoms. The van der Waals surface area contributed by atoms with Crippen LogP contribution >= 0.6 is 15.9 Å². The van der Waals surface area contributed by atoms with E-state index in [1.54, 1.807) is 0 Å². The third kappa shape index (κ3) is 2.47. The van der Waals surface area contributed by atoms with Gasteiger partial charge in [-0.2, -0.15) is 0 Å². The molecule has 0 aromatic heterocycles. The Labute approximate surface area is 122 Å². The van der Waals surface area contributed by atoms with E-state index in [2.05, 4.69) is 26.9 Å². The smallest absolute Gasteiger partial charge is 0.171 e. The van der Waals surface area contributed by atoms with Gasteiger partial charge in [0.05, 0.1) is 18.9 Å². The minimum absolute atomic E-state index is 0.314. The Balaban J connectivity index is 1.76. The maximum Gasteiger partial charge on any atom is 0.171 e. The summed E-state index contributed by atoms with van der Waals surface area (Å²) in [6, 6.07) is 4.13. The Hall–Kier alpha value is -0.780.